The van der Waals surface area contributed by atoms with Crippen LogP contribution in [0.5, 0.6) is 0 Å². The Morgan fingerprint density at radius 3 is 2.40 bits per heavy atom. The van der Waals surface area contributed by atoms with Crippen LogP contribution in [0.1, 0.15) is 41.7 Å². The van der Waals surface area contributed by atoms with E-state index < -0.39 is 0 Å². The summed E-state index contributed by atoms with van der Waals surface area (Å²) in [5, 5.41) is 5.81. The van der Waals surface area contributed by atoms with Crippen LogP contribution in [-0.4, -0.2) is 15.9 Å². The summed E-state index contributed by atoms with van der Waals surface area (Å²) in [6.07, 6.45) is 3.49. The third kappa shape index (κ3) is 4.31. The fourth-order valence-electron chi connectivity index (χ4n) is 2.43. The van der Waals surface area contributed by atoms with Crippen molar-refractivity contribution in [2.75, 3.05) is 0 Å². The summed E-state index contributed by atoms with van der Waals surface area (Å²) < 4.78 is 0. The maximum atomic E-state index is 12.3. The second kappa shape index (κ2) is 7.15. The molecule has 0 spiro atoms. The van der Waals surface area contributed by atoms with E-state index in [1.165, 1.54) is 5.56 Å². The number of carbonyl (C=O) groups excluding carboxylic acids is 1. The average molecular weight is 351 g/mol. The van der Waals surface area contributed by atoms with Gasteiger partial charge in [0.25, 0.3) is 5.91 Å². The number of nitrogens with zero attached hydrogens (tertiary/aromatic N) is 2. The number of rotatable bonds is 4. The van der Waals surface area contributed by atoms with E-state index in [1.54, 1.807) is 23.7 Å². The highest BCUT2D eigenvalue weighted by Gasteiger charge is 2.14. The highest BCUT2D eigenvalue weighted by molar-refractivity contribution is 7.09. The van der Waals surface area contributed by atoms with Crippen molar-refractivity contribution < 1.29 is 4.79 Å². The number of carbonyl (C=O) groups is 1. The van der Waals surface area contributed by atoms with Crippen molar-refractivity contribution in [3.8, 4) is 11.3 Å². The van der Waals surface area contributed by atoms with Gasteiger partial charge >= 0.3 is 0 Å². The lowest BCUT2D eigenvalue weighted by molar-refractivity contribution is 0.0951. The number of thiazole rings is 1. The number of hydrogen-bond acceptors (Lipinski definition) is 4. The predicted molar refractivity (Wildman–Crippen MR) is 102 cm³/mol. The molecule has 128 valence electrons. The summed E-state index contributed by atoms with van der Waals surface area (Å²) in [5.74, 6) is -0.0823. The van der Waals surface area contributed by atoms with Gasteiger partial charge < -0.3 is 5.32 Å². The number of amides is 1. The topological polar surface area (TPSA) is 54.9 Å². The fourth-order valence-corrected chi connectivity index (χ4v) is 3.17. The second-order valence-corrected chi connectivity index (χ2v) is 7.82. The molecule has 0 aliphatic heterocycles. The fraction of sp³-hybridized carbons (Fsp3) is 0.250. The Hall–Kier alpha value is -2.53. The molecular formula is C20H21N3OS. The molecule has 0 aliphatic carbocycles. The van der Waals surface area contributed by atoms with Gasteiger partial charge in [-0.2, -0.15) is 0 Å². The first-order valence-electron chi connectivity index (χ1n) is 8.17. The van der Waals surface area contributed by atoms with Gasteiger partial charge in [-0.15, -0.1) is 11.3 Å². The first-order valence-corrected chi connectivity index (χ1v) is 9.05. The molecule has 0 saturated carbocycles. The van der Waals surface area contributed by atoms with E-state index in [2.05, 4.69) is 36.1 Å². The van der Waals surface area contributed by atoms with Crippen LogP contribution in [0.4, 0.5) is 0 Å². The van der Waals surface area contributed by atoms with Crippen LogP contribution in [0.15, 0.2) is 54.2 Å². The van der Waals surface area contributed by atoms with Crippen LogP contribution in [0.2, 0.25) is 0 Å². The molecule has 0 aliphatic rings. The van der Waals surface area contributed by atoms with E-state index in [1.807, 2.05) is 41.8 Å². The lowest BCUT2D eigenvalue weighted by Gasteiger charge is -2.19. The SMILES string of the molecule is CC(C)(C)c1ccc(C(=O)NCc2nc(-c3ccncc3)cs2)cc1. The molecule has 4 nitrogen and oxygen atoms in total. The lowest BCUT2D eigenvalue weighted by atomic mass is 9.87. The maximum Gasteiger partial charge on any atom is 0.251 e. The molecule has 3 aromatic rings. The largest absolute Gasteiger partial charge is 0.346 e. The van der Waals surface area contributed by atoms with E-state index in [9.17, 15) is 4.79 Å². The Morgan fingerprint density at radius 1 is 1.08 bits per heavy atom. The first-order chi connectivity index (χ1) is 11.9. The molecule has 2 heterocycles. The summed E-state index contributed by atoms with van der Waals surface area (Å²) in [5.41, 5.74) is 3.90. The molecule has 0 bridgehead atoms. The van der Waals surface area contributed by atoms with Crippen LogP contribution in [-0.2, 0) is 12.0 Å². The highest BCUT2D eigenvalue weighted by Crippen LogP contribution is 2.23. The van der Waals surface area contributed by atoms with Crippen LogP contribution in [0, 0.1) is 0 Å². The molecule has 0 unspecified atom stereocenters. The van der Waals surface area contributed by atoms with Crippen LogP contribution < -0.4 is 5.32 Å². The summed E-state index contributed by atoms with van der Waals surface area (Å²) in [7, 11) is 0. The molecule has 3 rings (SSSR count). The highest BCUT2D eigenvalue weighted by atomic mass is 32.1. The van der Waals surface area contributed by atoms with Crippen LogP contribution in [0.25, 0.3) is 11.3 Å². The van der Waals surface area contributed by atoms with Gasteiger partial charge in [0.1, 0.15) is 5.01 Å². The quantitative estimate of drug-likeness (QED) is 0.756. The molecule has 0 fully saturated rings. The standard InChI is InChI=1S/C20H21N3OS/c1-20(2,3)16-6-4-15(5-7-16)19(24)22-12-18-23-17(13-25-18)14-8-10-21-11-9-14/h4-11,13H,12H2,1-3H3,(H,22,24). The molecule has 0 saturated heterocycles. The Balaban J connectivity index is 1.62. The van der Waals surface area contributed by atoms with Gasteiger partial charge in [-0.05, 0) is 35.2 Å². The van der Waals surface area contributed by atoms with E-state index in [0.29, 0.717) is 12.1 Å². The van der Waals surface area contributed by atoms with E-state index in [-0.39, 0.29) is 11.3 Å². The molecule has 25 heavy (non-hydrogen) atoms. The van der Waals surface area contributed by atoms with Crippen molar-refractivity contribution >= 4 is 17.2 Å². The zero-order chi connectivity index (χ0) is 17.9. The van der Waals surface area contributed by atoms with Gasteiger partial charge in [-0.1, -0.05) is 32.9 Å². The van der Waals surface area contributed by atoms with Gasteiger partial charge in [0, 0.05) is 28.9 Å². The van der Waals surface area contributed by atoms with Gasteiger partial charge in [0.15, 0.2) is 0 Å². The summed E-state index contributed by atoms with van der Waals surface area (Å²) in [4.78, 5) is 20.9. The Kier molecular flexibility index (Phi) is 4.95. The second-order valence-electron chi connectivity index (χ2n) is 6.87. The van der Waals surface area contributed by atoms with Crippen molar-refractivity contribution in [2.45, 2.75) is 32.7 Å². The van der Waals surface area contributed by atoms with Crippen molar-refractivity contribution in [3.05, 3.63) is 70.3 Å². The predicted octanol–water partition coefficient (Wildman–Crippen LogP) is 4.43. The molecule has 2 aromatic heterocycles. The van der Waals surface area contributed by atoms with Gasteiger partial charge in [-0.3, -0.25) is 9.78 Å². The molecule has 0 atom stereocenters. The number of benzene rings is 1. The van der Waals surface area contributed by atoms with Crippen molar-refractivity contribution in [1.82, 2.24) is 15.3 Å². The smallest absolute Gasteiger partial charge is 0.251 e. The zero-order valence-corrected chi connectivity index (χ0v) is 15.4. The van der Waals surface area contributed by atoms with Crippen molar-refractivity contribution in [1.29, 1.82) is 0 Å². The molecule has 1 aromatic carbocycles. The Morgan fingerprint density at radius 2 is 1.76 bits per heavy atom. The zero-order valence-electron chi connectivity index (χ0n) is 14.6. The summed E-state index contributed by atoms with van der Waals surface area (Å²) in [6, 6.07) is 11.6. The minimum absolute atomic E-state index is 0.0823. The average Bonchev–Trinajstić information content (AvgIpc) is 3.09. The minimum Gasteiger partial charge on any atom is -0.346 e. The number of nitrogens with one attached hydrogen (secondary N) is 1. The van der Waals surface area contributed by atoms with Crippen LogP contribution >= 0.6 is 11.3 Å². The lowest BCUT2D eigenvalue weighted by Crippen LogP contribution is -2.23. The third-order valence-corrected chi connectivity index (χ3v) is 4.79. The van der Waals surface area contributed by atoms with Gasteiger partial charge in [0.2, 0.25) is 0 Å². The number of hydrogen-bond donors (Lipinski definition) is 1. The Bertz CT molecular complexity index is 849. The summed E-state index contributed by atoms with van der Waals surface area (Å²) >= 11 is 1.54. The molecule has 0 radical (unpaired) electrons. The van der Waals surface area contributed by atoms with E-state index in [0.717, 1.165) is 16.3 Å². The monoisotopic (exact) mass is 351 g/mol. The maximum absolute atomic E-state index is 12.3. The molecular weight excluding hydrogens is 330 g/mol. The molecule has 1 N–H and O–H groups in total. The minimum atomic E-state index is -0.0823. The third-order valence-electron chi connectivity index (χ3n) is 3.94. The first kappa shape index (κ1) is 17.3. The normalized spacial score (nSPS) is 11.3. The van der Waals surface area contributed by atoms with Crippen LogP contribution in [0.3, 0.4) is 0 Å². The molecule has 5 heteroatoms. The van der Waals surface area contributed by atoms with Gasteiger partial charge in [0.05, 0.1) is 12.2 Å². The van der Waals surface area contributed by atoms with E-state index >= 15 is 0 Å². The van der Waals surface area contributed by atoms with Crippen molar-refractivity contribution in [3.63, 3.8) is 0 Å². The van der Waals surface area contributed by atoms with Gasteiger partial charge in [-0.25, -0.2) is 4.98 Å². The number of pyridine rings is 1. The van der Waals surface area contributed by atoms with E-state index in [4.69, 9.17) is 0 Å². The summed E-state index contributed by atoms with van der Waals surface area (Å²) in [6.45, 7) is 6.90. The van der Waals surface area contributed by atoms with Crippen molar-refractivity contribution in [2.24, 2.45) is 0 Å². The number of aromatic nitrogens is 2. The molecule has 1 amide bonds. The Labute approximate surface area is 152 Å².